The van der Waals surface area contributed by atoms with E-state index in [4.69, 9.17) is 23.2 Å². The maximum atomic E-state index is 6.18. The molecule has 140 valence electrons. The lowest BCUT2D eigenvalue weighted by Crippen LogP contribution is -2.07. The van der Waals surface area contributed by atoms with E-state index in [2.05, 4.69) is 76.1 Å². The number of hydrogen-bond acceptors (Lipinski definition) is 2. The highest BCUT2D eigenvalue weighted by molar-refractivity contribution is 9.10. The van der Waals surface area contributed by atoms with E-state index in [-0.39, 0.29) is 0 Å². The van der Waals surface area contributed by atoms with Gasteiger partial charge >= 0.3 is 0 Å². The number of halogens is 3. The molecular formula is C21H20BrCl2N3. The van der Waals surface area contributed by atoms with Crippen LogP contribution in [0.2, 0.25) is 10.0 Å². The lowest BCUT2D eigenvalue weighted by molar-refractivity contribution is 0.748. The Morgan fingerprint density at radius 1 is 1.07 bits per heavy atom. The molecule has 0 amide bonds. The quantitative estimate of drug-likeness (QED) is 0.334. The van der Waals surface area contributed by atoms with Gasteiger partial charge in [0.1, 0.15) is 0 Å². The number of benzene rings is 2. The third-order valence-corrected chi connectivity index (χ3v) is 6.06. The van der Waals surface area contributed by atoms with E-state index in [1.54, 1.807) is 0 Å². The van der Waals surface area contributed by atoms with Gasteiger partial charge in [0.2, 0.25) is 0 Å². The highest BCUT2D eigenvalue weighted by Gasteiger charge is 2.10. The molecule has 0 unspecified atom stereocenters. The van der Waals surface area contributed by atoms with Crippen molar-refractivity contribution < 1.29 is 0 Å². The Kier molecular flexibility index (Phi) is 6.30. The molecule has 1 N–H and O–H groups in total. The molecule has 0 radical (unpaired) electrons. The minimum absolute atomic E-state index is 0.471. The number of rotatable bonds is 5. The van der Waals surface area contributed by atoms with E-state index in [1.165, 1.54) is 5.56 Å². The maximum absolute atomic E-state index is 6.18. The van der Waals surface area contributed by atoms with E-state index >= 15 is 0 Å². The highest BCUT2D eigenvalue weighted by atomic mass is 79.9. The monoisotopic (exact) mass is 463 g/mol. The van der Waals surface area contributed by atoms with E-state index in [0.29, 0.717) is 16.6 Å². The molecule has 6 heteroatoms. The van der Waals surface area contributed by atoms with Gasteiger partial charge in [-0.3, -0.25) is 0 Å². The molecule has 27 heavy (non-hydrogen) atoms. The fourth-order valence-electron chi connectivity index (χ4n) is 2.98. The normalized spacial score (nSPS) is 11.3. The van der Waals surface area contributed by atoms with Gasteiger partial charge in [0.15, 0.2) is 0 Å². The SMILES string of the molecule is Cc1ccc(-n2c(C)cc(/C=N/NCc3c(Cl)cccc3Cl)c2C)cc1Br. The van der Waals surface area contributed by atoms with Gasteiger partial charge < -0.3 is 9.99 Å². The molecule has 3 aromatic rings. The van der Waals surface area contributed by atoms with E-state index in [0.717, 1.165) is 32.7 Å². The predicted molar refractivity (Wildman–Crippen MR) is 119 cm³/mol. The molecule has 0 atom stereocenters. The van der Waals surface area contributed by atoms with Gasteiger partial charge in [0.05, 0.1) is 12.8 Å². The van der Waals surface area contributed by atoms with Crippen molar-refractivity contribution in [3.05, 3.63) is 85.1 Å². The molecule has 1 heterocycles. The second-order valence-electron chi connectivity index (χ2n) is 6.39. The van der Waals surface area contributed by atoms with Crippen LogP contribution in [0.5, 0.6) is 0 Å². The zero-order chi connectivity index (χ0) is 19.6. The molecule has 3 nitrogen and oxygen atoms in total. The van der Waals surface area contributed by atoms with Crippen molar-refractivity contribution in [1.29, 1.82) is 0 Å². The second kappa shape index (κ2) is 8.51. The molecule has 0 aliphatic rings. The topological polar surface area (TPSA) is 29.3 Å². The summed E-state index contributed by atoms with van der Waals surface area (Å²) in [7, 11) is 0. The first-order valence-corrected chi connectivity index (χ1v) is 10.1. The van der Waals surface area contributed by atoms with Crippen LogP contribution < -0.4 is 5.43 Å². The molecule has 0 saturated carbocycles. The summed E-state index contributed by atoms with van der Waals surface area (Å²) in [5.41, 5.74) is 9.54. The van der Waals surface area contributed by atoms with Crippen LogP contribution in [-0.2, 0) is 6.54 Å². The largest absolute Gasteiger partial charge is 0.318 e. The number of hydrazone groups is 1. The Morgan fingerprint density at radius 2 is 1.78 bits per heavy atom. The number of aromatic nitrogens is 1. The molecule has 0 spiro atoms. The summed E-state index contributed by atoms with van der Waals surface area (Å²) in [6.45, 7) is 6.74. The predicted octanol–water partition coefficient (Wildman–Crippen LogP) is 6.60. The van der Waals surface area contributed by atoms with E-state index in [9.17, 15) is 0 Å². The van der Waals surface area contributed by atoms with Crippen molar-refractivity contribution in [3.8, 4) is 5.69 Å². The Balaban J connectivity index is 1.78. The Hall–Kier alpha value is -1.75. The first kappa shape index (κ1) is 20.0. The average Bonchev–Trinajstić information content (AvgIpc) is 2.90. The average molecular weight is 465 g/mol. The lowest BCUT2D eigenvalue weighted by atomic mass is 10.2. The molecule has 0 saturated heterocycles. The number of hydrogen-bond donors (Lipinski definition) is 1. The Bertz CT molecular complexity index is 989. The number of nitrogens with zero attached hydrogens (tertiary/aromatic N) is 2. The van der Waals surface area contributed by atoms with Gasteiger partial charge in [0, 0.05) is 42.7 Å². The van der Waals surface area contributed by atoms with Gasteiger partial charge in [-0.15, -0.1) is 0 Å². The van der Waals surface area contributed by atoms with Crippen molar-refractivity contribution in [2.24, 2.45) is 5.10 Å². The second-order valence-corrected chi connectivity index (χ2v) is 8.06. The fourth-order valence-corrected chi connectivity index (χ4v) is 3.88. The van der Waals surface area contributed by atoms with Gasteiger partial charge in [-0.05, 0) is 56.7 Å². The smallest absolute Gasteiger partial charge is 0.0609 e. The summed E-state index contributed by atoms with van der Waals surface area (Å²) in [5.74, 6) is 0. The Morgan fingerprint density at radius 3 is 2.44 bits per heavy atom. The maximum Gasteiger partial charge on any atom is 0.0609 e. The zero-order valence-corrected chi connectivity index (χ0v) is 18.5. The summed E-state index contributed by atoms with van der Waals surface area (Å²) >= 11 is 16.0. The van der Waals surface area contributed by atoms with Crippen LogP contribution in [0.3, 0.4) is 0 Å². The van der Waals surface area contributed by atoms with Crippen LogP contribution in [0.25, 0.3) is 5.69 Å². The number of nitrogens with one attached hydrogen (secondary N) is 1. The van der Waals surface area contributed by atoms with E-state index in [1.807, 2.05) is 24.4 Å². The molecule has 0 bridgehead atoms. The van der Waals surface area contributed by atoms with Crippen molar-refractivity contribution in [2.45, 2.75) is 27.3 Å². The van der Waals surface area contributed by atoms with Gasteiger partial charge in [0.25, 0.3) is 0 Å². The molecule has 0 fully saturated rings. The lowest BCUT2D eigenvalue weighted by Gasteiger charge is -2.11. The summed E-state index contributed by atoms with van der Waals surface area (Å²) < 4.78 is 3.32. The third-order valence-electron chi connectivity index (χ3n) is 4.50. The molecule has 3 rings (SSSR count). The van der Waals surface area contributed by atoms with Crippen LogP contribution in [0, 0.1) is 20.8 Å². The van der Waals surface area contributed by atoms with Crippen LogP contribution in [0.1, 0.15) is 28.1 Å². The minimum atomic E-state index is 0.471. The third kappa shape index (κ3) is 4.40. The zero-order valence-electron chi connectivity index (χ0n) is 15.4. The molecule has 0 aliphatic carbocycles. The first-order valence-electron chi connectivity index (χ1n) is 8.52. The standard InChI is InChI=1S/C21H20BrCl2N3/c1-13-7-8-17(10-19(13)22)27-14(2)9-16(15(27)3)11-25-26-12-18-20(23)5-4-6-21(18)24/h4-11,26H,12H2,1-3H3/b25-11+. The van der Waals surface area contributed by atoms with Crippen LogP contribution in [-0.4, -0.2) is 10.8 Å². The fraction of sp³-hybridized carbons (Fsp3) is 0.190. The van der Waals surface area contributed by atoms with Crippen molar-refractivity contribution >= 4 is 45.3 Å². The van der Waals surface area contributed by atoms with Crippen molar-refractivity contribution in [2.75, 3.05) is 0 Å². The Labute approximate surface area is 178 Å². The van der Waals surface area contributed by atoms with Crippen LogP contribution in [0.4, 0.5) is 0 Å². The summed E-state index contributed by atoms with van der Waals surface area (Å²) in [5, 5.41) is 5.61. The van der Waals surface area contributed by atoms with Crippen LogP contribution >= 0.6 is 39.1 Å². The molecule has 2 aromatic carbocycles. The summed E-state index contributed by atoms with van der Waals surface area (Å²) in [6, 6.07) is 14.0. The number of aryl methyl sites for hydroxylation is 2. The van der Waals surface area contributed by atoms with Crippen molar-refractivity contribution in [3.63, 3.8) is 0 Å². The molecule has 1 aromatic heterocycles. The summed E-state index contributed by atoms with van der Waals surface area (Å²) in [4.78, 5) is 0. The van der Waals surface area contributed by atoms with Gasteiger partial charge in [-0.1, -0.05) is 51.3 Å². The molecule has 0 aliphatic heterocycles. The van der Waals surface area contributed by atoms with Gasteiger partial charge in [-0.25, -0.2) is 0 Å². The van der Waals surface area contributed by atoms with E-state index < -0.39 is 0 Å². The summed E-state index contributed by atoms with van der Waals surface area (Å²) in [6.07, 6.45) is 1.83. The first-order chi connectivity index (χ1) is 12.9. The molecular weight excluding hydrogens is 445 g/mol. The van der Waals surface area contributed by atoms with Crippen LogP contribution in [0.15, 0.2) is 52.0 Å². The highest BCUT2D eigenvalue weighted by Crippen LogP contribution is 2.25. The van der Waals surface area contributed by atoms with Crippen molar-refractivity contribution in [1.82, 2.24) is 9.99 Å². The minimum Gasteiger partial charge on any atom is -0.318 e. The van der Waals surface area contributed by atoms with Gasteiger partial charge in [-0.2, -0.15) is 5.10 Å².